The van der Waals surface area contributed by atoms with E-state index in [1.165, 1.54) is 11.8 Å². The van der Waals surface area contributed by atoms with Crippen LogP contribution in [0.5, 0.6) is 11.5 Å². The van der Waals surface area contributed by atoms with Crippen molar-refractivity contribution in [2.75, 3.05) is 25.9 Å². The molecule has 2 fully saturated rings. The van der Waals surface area contributed by atoms with Gasteiger partial charge in [-0.05, 0) is 44.5 Å². The predicted octanol–water partition coefficient (Wildman–Crippen LogP) is -0.780. The Bertz CT molecular complexity index is 1290. The first-order valence-electron chi connectivity index (χ1n) is 13.6. The van der Waals surface area contributed by atoms with Gasteiger partial charge in [0.05, 0.1) is 5.41 Å². The van der Waals surface area contributed by atoms with E-state index in [2.05, 4.69) is 22.6 Å². The number of hydrogen-bond acceptors (Lipinski definition) is 10. The lowest BCUT2D eigenvalue weighted by Gasteiger charge is -2.59. The highest BCUT2D eigenvalue weighted by Crippen LogP contribution is 2.64. The van der Waals surface area contributed by atoms with Crippen LogP contribution in [0, 0.1) is 5.92 Å². The number of phenols is 1. The first kappa shape index (κ1) is 29.1. The monoisotopic (exact) mass is 590 g/mol. The summed E-state index contributed by atoms with van der Waals surface area (Å²) in [5.74, 6) is -3.43. The molecule has 7 atom stereocenters. The number of carboxylic acids is 2. The maximum atomic E-state index is 13.6. The third kappa shape index (κ3) is 5.12. The van der Waals surface area contributed by atoms with Gasteiger partial charge in [0.2, 0.25) is 11.8 Å². The minimum atomic E-state index is -1.25. The zero-order chi connectivity index (χ0) is 29.6. The van der Waals surface area contributed by atoms with Crippen molar-refractivity contribution in [3.05, 3.63) is 23.3 Å². The molecule has 4 aliphatic rings. The Balaban J connectivity index is 1.38. The van der Waals surface area contributed by atoms with Crippen molar-refractivity contribution in [2.45, 2.75) is 67.0 Å². The van der Waals surface area contributed by atoms with Crippen molar-refractivity contribution in [1.29, 1.82) is 0 Å². The maximum Gasteiger partial charge on any atom is 0.322 e. The number of nitrogens with zero attached hydrogens (tertiary/aromatic N) is 1. The third-order valence-corrected chi connectivity index (χ3v) is 10.3. The summed E-state index contributed by atoms with van der Waals surface area (Å²) >= 11 is 1.38. The van der Waals surface area contributed by atoms with Crippen molar-refractivity contribution in [1.82, 2.24) is 15.5 Å². The van der Waals surface area contributed by atoms with Gasteiger partial charge >= 0.3 is 11.9 Å². The summed E-state index contributed by atoms with van der Waals surface area (Å²) in [6, 6.07) is 1.25. The number of thioether (sulfide) groups is 1. The number of aromatic hydroxyl groups is 1. The summed E-state index contributed by atoms with van der Waals surface area (Å²) < 4.78 is 6.18. The van der Waals surface area contributed by atoms with Crippen LogP contribution in [0.1, 0.15) is 36.8 Å². The molecule has 1 saturated heterocycles. The zero-order valence-corrected chi connectivity index (χ0v) is 23.3. The van der Waals surface area contributed by atoms with E-state index in [0.717, 1.165) is 24.1 Å². The molecule has 7 N–H and O–H groups in total. The van der Waals surface area contributed by atoms with E-state index in [-0.39, 0.29) is 53.8 Å². The summed E-state index contributed by atoms with van der Waals surface area (Å²) in [5, 5.41) is 33.3. The van der Waals surface area contributed by atoms with Crippen LogP contribution in [-0.4, -0.2) is 105 Å². The van der Waals surface area contributed by atoms with Crippen molar-refractivity contribution in [3.63, 3.8) is 0 Å². The molecular formula is C27H34N4O9S. The standard InChI is InChI=1S/C27H34N4O9S/c1-31-7-6-27-21-12-2-4-16(32)23(21)40-24(27)17(33)9-18(22(27)15(31)8-12)41-11-14(25(37)29-10-20(35)36)30-19(34)5-3-13(28)26(38)39/h2,4,13-15,18,22,24,32H,3,5-11,28H2,1H3,(H,29,37)(H,30,34)(H,35,36)(H,38,39)/t13-,14-,15+,18-,22+,24-,27+/m0/s1. The first-order valence-corrected chi connectivity index (χ1v) is 14.6. The fourth-order valence-electron chi connectivity index (χ4n) is 7.08. The maximum absolute atomic E-state index is 13.6. The number of carbonyl (C=O) groups excluding carboxylic acids is 3. The smallest absolute Gasteiger partial charge is 0.322 e. The number of aliphatic carboxylic acids is 2. The lowest BCUT2D eigenvalue weighted by Crippen LogP contribution is -2.68. The second-order valence-electron chi connectivity index (χ2n) is 11.3. The number of hydrogen-bond donors (Lipinski definition) is 6. The number of amides is 2. The lowest BCUT2D eigenvalue weighted by atomic mass is 9.51. The van der Waals surface area contributed by atoms with Gasteiger partial charge < -0.3 is 41.3 Å². The summed E-state index contributed by atoms with van der Waals surface area (Å²) in [4.78, 5) is 63.4. The van der Waals surface area contributed by atoms with Crippen molar-refractivity contribution < 1.29 is 44.0 Å². The topological polar surface area (TPSA) is 209 Å². The molecule has 1 saturated carbocycles. The van der Waals surface area contributed by atoms with Crippen molar-refractivity contribution in [3.8, 4) is 11.5 Å². The van der Waals surface area contributed by atoms with Gasteiger partial charge in [-0.25, -0.2) is 0 Å². The van der Waals surface area contributed by atoms with Crippen molar-refractivity contribution >= 4 is 41.3 Å². The molecule has 222 valence electrons. The van der Waals surface area contributed by atoms with Crippen LogP contribution in [0.2, 0.25) is 0 Å². The number of carboxylic acid groups (broad SMARTS) is 2. The largest absolute Gasteiger partial charge is 0.504 e. The number of rotatable bonds is 11. The molecule has 1 aromatic rings. The predicted molar refractivity (Wildman–Crippen MR) is 146 cm³/mol. The molecule has 0 unspecified atom stereocenters. The molecule has 41 heavy (non-hydrogen) atoms. The lowest BCUT2D eigenvalue weighted by molar-refractivity contribution is -0.139. The number of ketones is 1. The average molecular weight is 591 g/mol. The van der Waals surface area contributed by atoms with E-state index < -0.39 is 53.9 Å². The number of piperidine rings is 1. The molecule has 1 spiro atoms. The Hall–Kier alpha value is -3.36. The van der Waals surface area contributed by atoms with E-state index in [4.69, 9.17) is 20.7 Å². The van der Waals surface area contributed by atoms with E-state index >= 15 is 0 Å². The molecule has 5 rings (SSSR count). The number of Topliss-reactive ketones (excluding diaryl/α,β-unsaturated/α-hetero) is 1. The summed E-state index contributed by atoms with van der Waals surface area (Å²) in [6.07, 6.45) is 0.505. The van der Waals surface area contributed by atoms with E-state index in [1.807, 2.05) is 6.07 Å². The molecular weight excluding hydrogens is 556 g/mol. The van der Waals surface area contributed by atoms with E-state index in [0.29, 0.717) is 12.2 Å². The number of nitrogens with two attached hydrogens (primary N) is 1. The van der Waals surface area contributed by atoms with Gasteiger partial charge in [0.15, 0.2) is 23.4 Å². The Labute approximate surface area is 240 Å². The molecule has 2 bridgehead atoms. The highest BCUT2D eigenvalue weighted by molar-refractivity contribution is 8.00. The third-order valence-electron chi connectivity index (χ3n) is 8.91. The molecule has 1 aromatic carbocycles. The number of likely N-dealkylation sites (N-methyl/N-ethyl adjacent to an activating group) is 1. The fourth-order valence-corrected chi connectivity index (χ4v) is 8.66. The van der Waals surface area contributed by atoms with Gasteiger partial charge in [0.1, 0.15) is 18.6 Å². The Morgan fingerprint density at radius 1 is 1.24 bits per heavy atom. The van der Waals surface area contributed by atoms with Crippen LogP contribution in [0.3, 0.4) is 0 Å². The Kier molecular flexibility index (Phi) is 7.92. The summed E-state index contributed by atoms with van der Waals surface area (Å²) in [7, 11) is 2.05. The highest BCUT2D eigenvalue weighted by Gasteiger charge is 2.68. The van der Waals surface area contributed by atoms with Crippen LogP contribution in [0.25, 0.3) is 0 Å². The molecule has 2 aliphatic carbocycles. The zero-order valence-electron chi connectivity index (χ0n) is 22.5. The number of ether oxygens (including phenoxy) is 1. The number of carbonyl (C=O) groups is 5. The number of benzene rings is 1. The van der Waals surface area contributed by atoms with Gasteiger partial charge in [-0.3, -0.25) is 24.0 Å². The van der Waals surface area contributed by atoms with Crippen LogP contribution in [0.15, 0.2) is 12.1 Å². The van der Waals surface area contributed by atoms with E-state index in [9.17, 15) is 29.1 Å². The number of phenolic OH excluding ortho intramolecular Hbond substituents is 1. The molecule has 13 nitrogen and oxygen atoms in total. The second kappa shape index (κ2) is 11.1. The SMILES string of the molecule is CN1CC[C@]23c4c5ccc(O)c4O[C@H]2C(=O)C[C@H](SC[C@H](NC(=O)CC[C@H](N)C(=O)O)C(=O)NCC(=O)O)[C@H]3[C@H]1C5. The van der Waals surface area contributed by atoms with Gasteiger partial charge in [-0.1, -0.05) is 6.07 Å². The summed E-state index contributed by atoms with van der Waals surface area (Å²) in [5.41, 5.74) is 6.85. The van der Waals surface area contributed by atoms with Crippen LogP contribution in [0.4, 0.5) is 0 Å². The van der Waals surface area contributed by atoms with Crippen LogP contribution >= 0.6 is 11.8 Å². The fraction of sp³-hybridized carbons (Fsp3) is 0.593. The average Bonchev–Trinajstić information content (AvgIpc) is 3.28. The van der Waals surface area contributed by atoms with Gasteiger partial charge in [-0.15, -0.1) is 0 Å². The second-order valence-corrected chi connectivity index (χ2v) is 12.5. The molecule has 2 amide bonds. The van der Waals surface area contributed by atoms with Gasteiger partial charge in [0.25, 0.3) is 0 Å². The Morgan fingerprint density at radius 2 is 2.00 bits per heavy atom. The molecule has 2 aliphatic heterocycles. The minimum Gasteiger partial charge on any atom is -0.504 e. The molecule has 14 heteroatoms. The molecule has 0 aromatic heterocycles. The Morgan fingerprint density at radius 3 is 2.71 bits per heavy atom. The van der Waals surface area contributed by atoms with Crippen LogP contribution in [-0.2, 0) is 35.8 Å². The van der Waals surface area contributed by atoms with Gasteiger partial charge in [0, 0.05) is 41.4 Å². The number of likely N-dealkylation sites (tertiary alicyclic amines) is 1. The van der Waals surface area contributed by atoms with Crippen molar-refractivity contribution in [2.24, 2.45) is 11.7 Å². The number of nitrogens with one attached hydrogen (secondary N) is 2. The van der Waals surface area contributed by atoms with E-state index in [1.54, 1.807) is 6.07 Å². The molecule has 0 radical (unpaired) electrons. The molecule has 2 heterocycles. The van der Waals surface area contributed by atoms with Crippen LogP contribution < -0.4 is 21.1 Å². The van der Waals surface area contributed by atoms with Gasteiger partial charge in [-0.2, -0.15) is 11.8 Å². The normalized spacial score (nSPS) is 29.1. The first-order chi connectivity index (χ1) is 19.4. The summed E-state index contributed by atoms with van der Waals surface area (Å²) in [6.45, 7) is 0.122. The highest BCUT2D eigenvalue weighted by atomic mass is 32.2. The minimum absolute atomic E-state index is 0.0150. The quantitative estimate of drug-likeness (QED) is 0.188.